The highest BCUT2D eigenvalue weighted by atomic mass is 16.4. The van der Waals surface area contributed by atoms with Crippen LogP contribution in [0.25, 0.3) is 0 Å². The highest BCUT2D eigenvalue weighted by Crippen LogP contribution is 2.28. The van der Waals surface area contributed by atoms with E-state index in [-0.39, 0.29) is 0 Å². The Bertz CT molecular complexity index is 457. The van der Waals surface area contributed by atoms with Crippen molar-refractivity contribution < 1.29 is 19.8 Å². The number of nitrogens with zero attached hydrogens (tertiary/aromatic N) is 2. The summed E-state index contributed by atoms with van der Waals surface area (Å²) in [6, 6.07) is 6.71. The largest absolute Gasteiger partial charge is 0.478 e. The lowest BCUT2D eigenvalue weighted by Gasteiger charge is -2.18. The Hall–Kier alpha value is -2.21. The molecular weight excluding hydrogens is 260 g/mol. The predicted octanol–water partition coefficient (Wildman–Crippen LogP) is 1.56. The van der Waals surface area contributed by atoms with Gasteiger partial charge < -0.3 is 10.2 Å². The zero-order chi connectivity index (χ0) is 15.0. The molecular formula is C14H18N2O4. The molecule has 2 heterocycles. The van der Waals surface area contributed by atoms with E-state index in [2.05, 4.69) is 29.1 Å². The van der Waals surface area contributed by atoms with Crippen LogP contribution in [0.1, 0.15) is 24.6 Å². The minimum Gasteiger partial charge on any atom is -0.478 e. The fourth-order valence-corrected chi connectivity index (χ4v) is 2.00. The molecule has 1 aromatic rings. The minimum absolute atomic E-state index is 0.558. The zero-order valence-electron chi connectivity index (χ0n) is 11.3. The number of rotatable bonds is 3. The molecule has 2 N–H and O–H groups in total. The van der Waals surface area contributed by atoms with Gasteiger partial charge in [0.25, 0.3) is 0 Å². The number of carbonyl (C=O) groups is 2. The monoisotopic (exact) mass is 278 g/mol. The molecule has 0 saturated carbocycles. The highest BCUT2D eigenvalue weighted by Gasteiger charge is 2.22. The minimum atomic E-state index is -1.26. The van der Waals surface area contributed by atoms with Crippen molar-refractivity contribution in [2.75, 3.05) is 13.6 Å². The second-order valence-electron chi connectivity index (χ2n) is 4.40. The van der Waals surface area contributed by atoms with E-state index in [0.717, 1.165) is 0 Å². The Morgan fingerprint density at radius 1 is 1.30 bits per heavy atom. The lowest BCUT2D eigenvalue weighted by atomic mass is 10.1. The van der Waals surface area contributed by atoms with Gasteiger partial charge in [-0.25, -0.2) is 9.59 Å². The molecule has 6 heteroatoms. The molecule has 20 heavy (non-hydrogen) atoms. The molecule has 0 aliphatic carbocycles. The van der Waals surface area contributed by atoms with Crippen molar-refractivity contribution in [2.24, 2.45) is 0 Å². The maximum atomic E-state index is 9.55. The Balaban J connectivity index is 0.000000221. The maximum absolute atomic E-state index is 9.55. The van der Waals surface area contributed by atoms with E-state index in [4.69, 9.17) is 10.2 Å². The molecule has 0 amide bonds. The summed E-state index contributed by atoms with van der Waals surface area (Å²) in [5.41, 5.74) is 1.22. The molecule has 0 spiro atoms. The number of carboxylic acid groups (broad SMARTS) is 2. The summed E-state index contributed by atoms with van der Waals surface area (Å²) in [4.78, 5) is 25.9. The number of pyridine rings is 1. The topological polar surface area (TPSA) is 90.7 Å². The summed E-state index contributed by atoms with van der Waals surface area (Å²) in [6.45, 7) is 1.21. The van der Waals surface area contributed by atoms with Crippen LogP contribution >= 0.6 is 0 Å². The number of likely N-dealkylation sites (tertiary alicyclic amines) is 1. The maximum Gasteiger partial charge on any atom is 0.328 e. The summed E-state index contributed by atoms with van der Waals surface area (Å²) in [6.07, 6.45) is 5.55. The van der Waals surface area contributed by atoms with E-state index in [1.165, 1.54) is 25.1 Å². The van der Waals surface area contributed by atoms with Gasteiger partial charge in [-0.1, -0.05) is 6.07 Å². The summed E-state index contributed by atoms with van der Waals surface area (Å²) in [5, 5.41) is 15.6. The molecule has 2 rings (SSSR count). The van der Waals surface area contributed by atoms with E-state index in [0.29, 0.717) is 18.2 Å². The van der Waals surface area contributed by atoms with E-state index in [1.807, 2.05) is 12.3 Å². The van der Waals surface area contributed by atoms with Crippen molar-refractivity contribution in [3.05, 3.63) is 42.2 Å². The molecule has 1 aliphatic heterocycles. The average Bonchev–Trinajstić information content (AvgIpc) is 2.84. The number of aromatic nitrogens is 1. The standard InChI is InChI=1S/C10H14N2.C4H4O4/c1-12-8-4-6-10(12)9-5-2-3-7-11-9;5-3(6)1-2-4(7)8/h2-3,5,7,10H,4,6,8H2,1H3;1-2H,(H,5,6)(H,7,8)/b;2-1+. The van der Waals surface area contributed by atoms with Crippen LogP contribution in [0.4, 0.5) is 0 Å². The number of hydrogen-bond acceptors (Lipinski definition) is 4. The summed E-state index contributed by atoms with van der Waals surface area (Å²) in [5.74, 6) is -2.51. The first-order valence-corrected chi connectivity index (χ1v) is 6.26. The van der Waals surface area contributed by atoms with Crippen LogP contribution in [0.15, 0.2) is 36.5 Å². The molecule has 108 valence electrons. The zero-order valence-corrected chi connectivity index (χ0v) is 11.3. The highest BCUT2D eigenvalue weighted by molar-refractivity contribution is 5.89. The third-order valence-electron chi connectivity index (χ3n) is 2.92. The molecule has 0 aromatic carbocycles. The fraction of sp³-hybridized carbons (Fsp3) is 0.357. The molecule has 0 radical (unpaired) electrons. The van der Waals surface area contributed by atoms with Crippen molar-refractivity contribution in [3.8, 4) is 0 Å². The van der Waals surface area contributed by atoms with Crippen LogP contribution in [-0.2, 0) is 9.59 Å². The molecule has 1 fully saturated rings. The summed E-state index contributed by atoms with van der Waals surface area (Å²) >= 11 is 0. The average molecular weight is 278 g/mol. The van der Waals surface area contributed by atoms with Crippen LogP contribution < -0.4 is 0 Å². The Morgan fingerprint density at radius 3 is 2.35 bits per heavy atom. The number of carboxylic acids is 2. The first kappa shape index (κ1) is 15.8. The Kier molecular flexibility index (Phi) is 6.39. The second kappa shape index (κ2) is 8.06. The van der Waals surface area contributed by atoms with E-state index >= 15 is 0 Å². The molecule has 0 bridgehead atoms. The van der Waals surface area contributed by atoms with Crippen LogP contribution in [0.2, 0.25) is 0 Å². The van der Waals surface area contributed by atoms with Gasteiger partial charge in [-0.05, 0) is 38.6 Å². The predicted molar refractivity (Wildman–Crippen MR) is 73.3 cm³/mol. The van der Waals surface area contributed by atoms with Crippen molar-refractivity contribution in [1.82, 2.24) is 9.88 Å². The quantitative estimate of drug-likeness (QED) is 0.815. The third kappa shape index (κ3) is 5.62. The van der Waals surface area contributed by atoms with Crippen LogP contribution in [0.5, 0.6) is 0 Å². The van der Waals surface area contributed by atoms with Gasteiger partial charge in [0.15, 0.2) is 0 Å². The summed E-state index contributed by atoms with van der Waals surface area (Å²) in [7, 11) is 2.17. The normalized spacial score (nSPS) is 18.6. The van der Waals surface area contributed by atoms with Crippen molar-refractivity contribution in [3.63, 3.8) is 0 Å². The van der Waals surface area contributed by atoms with Crippen molar-refractivity contribution in [2.45, 2.75) is 18.9 Å². The van der Waals surface area contributed by atoms with Crippen LogP contribution in [0.3, 0.4) is 0 Å². The van der Waals surface area contributed by atoms with Gasteiger partial charge in [0.1, 0.15) is 0 Å². The molecule has 1 aromatic heterocycles. The van der Waals surface area contributed by atoms with Gasteiger partial charge in [0, 0.05) is 18.3 Å². The van der Waals surface area contributed by atoms with Crippen LogP contribution in [-0.4, -0.2) is 45.6 Å². The molecule has 1 unspecified atom stereocenters. The van der Waals surface area contributed by atoms with Crippen molar-refractivity contribution >= 4 is 11.9 Å². The van der Waals surface area contributed by atoms with E-state index < -0.39 is 11.9 Å². The first-order chi connectivity index (χ1) is 9.50. The van der Waals surface area contributed by atoms with Gasteiger partial charge in [0.05, 0.1) is 11.7 Å². The number of hydrogen-bond donors (Lipinski definition) is 2. The molecule has 1 atom stereocenters. The molecule has 6 nitrogen and oxygen atoms in total. The lowest BCUT2D eigenvalue weighted by Crippen LogP contribution is -2.18. The second-order valence-corrected chi connectivity index (χ2v) is 4.40. The fourth-order valence-electron chi connectivity index (χ4n) is 2.00. The van der Waals surface area contributed by atoms with Crippen LogP contribution in [0, 0.1) is 0 Å². The Labute approximate surface area is 117 Å². The van der Waals surface area contributed by atoms with Gasteiger partial charge in [-0.15, -0.1) is 0 Å². The third-order valence-corrected chi connectivity index (χ3v) is 2.92. The SMILES string of the molecule is CN1CCCC1c1ccccn1.O=C(O)/C=C/C(=O)O. The van der Waals surface area contributed by atoms with Gasteiger partial charge in [-0.2, -0.15) is 0 Å². The van der Waals surface area contributed by atoms with Gasteiger partial charge >= 0.3 is 11.9 Å². The summed E-state index contributed by atoms with van der Waals surface area (Å²) < 4.78 is 0. The number of aliphatic carboxylic acids is 2. The van der Waals surface area contributed by atoms with Crippen molar-refractivity contribution in [1.29, 1.82) is 0 Å². The van der Waals surface area contributed by atoms with Gasteiger partial charge in [0.2, 0.25) is 0 Å². The van der Waals surface area contributed by atoms with E-state index in [9.17, 15) is 9.59 Å². The Morgan fingerprint density at radius 2 is 1.95 bits per heavy atom. The van der Waals surface area contributed by atoms with E-state index in [1.54, 1.807) is 0 Å². The lowest BCUT2D eigenvalue weighted by molar-refractivity contribution is -0.134. The smallest absolute Gasteiger partial charge is 0.328 e. The molecule has 1 saturated heterocycles. The first-order valence-electron chi connectivity index (χ1n) is 6.26. The molecule has 1 aliphatic rings. The van der Waals surface area contributed by atoms with Gasteiger partial charge in [-0.3, -0.25) is 9.88 Å².